The number of hydrogen-bond donors (Lipinski definition) is 2. The number of rotatable bonds is 2. The molecule has 2 heterocycles. The molecule has 3 rings (SSSR count). The Morgan fingerprint density at radius 2 is 2.20 bits per heavy atom. The number of carbonyl (C=O) groups excluding carboxylic acids is 2. The fourth-order valence-corrected chi connectivity index (χ4v) is 2.24. The lowest BCUT2D eigenvalue weighted by Crippen LogP contribution is -2.25. The summed E-state index contributed by atoms with van der Waals surface area (Å²) in [6.07, 6.45) is 1.42. The van der Waals surface area contributed by atoms with Gasteiger partial charge < -0.3 is 19.8 Å². The molecule has 1 aliphatic heterocycles. The van der Waals surface area contributed by atoms with Gasteiger partial charge in [0.1, 0.15) is 5.75 Å². The van der Waals surface area contributed by atoms with E-state index in [1.54, 1.807) is 24.3 Å². The normalized spacial score (nSPS) is 13.2. The SMILES string of the molecule is O=C1COc2ccc(NC(=O)c3ccoc3Br)cc2N1. The van der Waals surface area contributed by atoms with Gasteiger partial charge in [0.15, 0.2) is 11.3 Å². The summed E-state index contributed by atoms with van der Waals surface area (Å²) in [5.74, 6) is 0.0410. The lowest BCUT2D eigenvalue weighted by molar-refractivity contribution is -0.118. The number of hydrogen-bond acceptors (Lipinski definition) is 4. The molecule has 0 radical (unpaired) electrons. The maximum absolute atomic E-state index is 12.0. The van der Waals surface area contributed by atoms with Crippen molar-refractivity contribution in [2.75, 3.05) is 17.2 Å². The zero-order chi connectivity index (χ0) is 14.1. The topological polar surface area (TPSA) is 80.6 Å². The van der Waals surface area contributed by atoms with E-state index in [0.717, 1.165) is 0 Å². The maximum Gasteiger partial charge on any atom is 0.262 e. The molecule has 102 valence electrons. The van der Waals surface area contributed by atoms with Crippen molar-refractivity contribution >= 4 is 39.1 Å². The number of nitrogens with one attached hydrogen (secondary N) is 2. The second kappa shape index (κ2) is 5.01. The molecule has 20 heavy (non-hydrogen) atoms. The van der Waals surface area contributed by atoms with Crippen molar-refractivity contribution in [2.45, 2.75) is 0 Å². The largest absolute Gasteiger partial charge is 0.482 e. The van der Waals surface area contributed by atoms with Gasteiger partial charge in [0.05, 0.1) is 17.5 Å². The molecular weight excluding hydrogens is 328 g/mol. The van der Waals surface area contributed by atoms with Crippen LogP contribution in [0.2, 0.25) is 0 Å². The molecule has 2 N–H and O–H groups in total. The van der Waals surface area contributed by atoms with Gasteiger partial charge in [0.2, 0.25) is 0 Å². The molecule has 0 spiro atoms. The van der Waals surface area contributed by atoms with Gasteiger partial charge in [0.25, 0.3) is 11.8 Å². The first-order valence-electron chi connectivity index (χ1n) is 5.74. The molecule has 7 heteroatoms. The Morgan fingerprint density at radius 3 is 2.95 bits per heavy atom. The average Bonchev–Trinajstić information content (AvgIpc) is 2.84. The lowest BCUT2D eigenvalue weighted by atomic mass is 10.2. The number of amides is 2. The van der Waals surface area contributed by atoms with Gasteiger partial charge in [-0.2, -0.15) is 0 Å². The molecule has 0 aliphatic carbocycles. The second-order valence-electron chi connectivity index (χ2n) is 4.11. The van der Waals surface area contributed by atoms with Crippen molar-refractivity contribution in [3.8, 4) is 5.75 Å². The standard InChI is InChI=1S/C13H9BrN2O4/c14-12-8(3-4-19-12)13(18)15-7-1-2-10-9(5-7)16-11(17)6-20-10/h1-5H,6H2,(H,15,18)(H,16,17). The zero-order valence-corrected chi connectivity index (χ0v) is 11.7. The number of ether oxygens (including phenoxy) is 1. The van der Waals surface area contributed by atoms with E-state index in [0.29, 0.717) is 27.4 Å². The van der Waals surface area contributed by atoms with Crippen molar-refractivity contribution in [1.29, 1.82) is 0 Å². The highest BCUT2D eigenvalue weighted by Gasteiger charge is 2.17. The Kier molecular flexibility index (Phi) is 3.19. The van der Waals surface area contributed by atoms with Crippen LogP contribution in [0, 0.1) is 0 Å². The number of benzene rings is 1. The van der Waals surface area contributed by atoms with Crippen molar-refractivity contribution in [1.82, 2.24) is 0 Å². The Labute approximate surface area is 122 Å². The Bertz CT molecular complexity index is 695. The molecule has 6 nitrogen and oxygen atoms in total. The monoisotopic (exact) mass is 336 g/mol. The van der Waals surface area contributed by atoms with Crippen molar-refractivity contribution in [3.05, 3.63) is 40.8 Å². The summed E-state index contributed by atoms with van der Waals surface area (Å²) in [6, 6.07) is 6.58. The summed E-state index contributed by atoms with van der Waals surface area (Å²) in [5, 5.41) is 5.39. The summed E-state index contributed by atoms with van der Waals surface area (Å²) in [6.45, 7) is 0.000667. The molecule has 2 aromatic rings. The van der Waals surface area contributed by atoms with Crippen LogP contribution in [0.1, 0.15) is 10.4 Å². The third-order valence-corrected chi connectivity index (χ3v) is 3.35. The van der Waals surface area contributed by atoms with Crippen LogP contribution in [0.15, 0.2) is 39.6 Å². The number of fused-ring (bicyclic) bond motifs is 1. The first-order chi connectivity index (χ1) is 9.63. The predicted molar refractivity (Wildman–Crippen MR) is 74.9 cm³/mol. The molecule has 0 atom stereocenters. The molecule has 0 bridgehead atoms. The van der Waals surface area contributed by atoms with Crippen LogP contribution in [-0.4, -0.2) is 18.4 Å². The van der Waals surface area contributed by atoms with E-state index in [1.807, 2.05) is 0 Å². The molecule has 0 fully saturated rings. The van der Waals surface area contributed by atoms with E-state index in [-0.39, 0.29) is 18.4 Å². The summed E-state index contributed by atoms with van der Waals surface area (Å²) >= 11 is 3.14. The van der Waals surface area contributed by atoms with Crippen molar-refractivity contribution in [3.63, 3.8) is 0 Å². The van der Waals surface area contributed by atoms with Crippen LogP contribution in [0.3, 0.4) is 0 Å². The molecule has 0 saturated heterocycles. The lowest BCUT2D eigenvalue weighted by Gasteiger charge is -2.18. The molecule has 1 aromatic heterocycles. The minimum atomic E-state index is -0.311. The van der Waals surface area contributed by atoms with E-state index in [2.05, 4.69) is 26.6 Å². The fraction of sp³-hybridized carbons (Fsp3) is 0.0769. The molecule has 1 aliphatic rings. The Hall–Kier alpha value is -2.28. The minimum absolute atomic E-state index is 0.000667. The first kappa shape index (κ1) is 12.7. The predicted octanol–water partition coefficient (Wildman–Crippen LogP) is 2.63. The average molecular weight is 337 g/mol. The highest BCUT2D eigenvalue weighted by molar-refractivity contribution is 9.10. The van der Waals surface area contributed by atoms with Crippen LogP contribution in [0.5, 0.6) is 5.75 Å². The van der Waals surface area contributed by atoms with Crippen LogP contribution in [0.4, 0.5) is 11.4 Å². The molecule has 0 unspecified atom stereocenters. The van der Waals surface area contributed by atoms with Crippen LogP contribution < -0.4 is 15.4 Å². The number of halogens is 1. The maximum atomic E-state index is 12.0. The molecule has 2 amide bonds. The summed E-state index contributed by atoms with van der Waals surface area (Å²) in [4.78, 5) is 23.3. The third kappa shape index (κ3) is 2.39. The van der Waals surface area contributed by atoms with Gasteiger partial charge in [-0.1, -0.05) is 0 Å². The quantitative estimate of drug-likeness (QED) is 0.883. The fourth-order valence-electron chi connectivity index (χ4n) is 1.82. The smallest absolute Gasteiger partial charge is 0.262 e. The number of carbonyl (C=O) groups is 2. The van der Waals surface area contributed by atoms with Crippen LogP contribution in [0.25, 0.3) is 0 Å². The second-order valence-corrected chi connectivity index (χ2v) is 4.83. The van der Waals surface area contributed by atoms with E-state index >= 15 is 0 Å². The summed E-state index contributed by atoms with van der Waals surface area (Å²) in [7, 11) is 0. The summed E-state index contributed by atoms with van der Waals surface area (Å²) in [5.41, 5.74) is 1.47. The van der Waals surface area contributed by atoms with Crippen LogP contribution >= 0.6 is 15.9 Å². The van der Waals surface area contributed by atoms with Crippen molar-refractivity contribution < 1.29 is 18.7 Å². The van der Waals surface area contributed by atoms with Gasteiger partial charge in [-0.3, -0.25) is 9.59 Å². The van der Waals surface area contributed by atoms with Crippen molar-refractivity contribution in [2.24, 2.45) is 0 Å². The highest BCUT2D eigenvalue weighted by atomic mass is 79.9. The number of anilines is 2. The van der Waals surface area contributed by atoms with Crippen LogP contribution in [-0.2, 0) is 4.79 Å². The first-order valence-corrected chi connectivity index (χ1v) is 6.54. The Balaban J connectivity index is 1.82. The minimum Gasteiger partial charge on any atom is -0.482 e. The van der Waals surface area contributed by atoms with Gasteiger partial charge in [0, 0.05) is 5.69 Å². The zero-order valence-electron chi connectivity index (χ0n) is 10.1. The highest BCUT2D eigenvalue weighted by Crippen LogP contribution is 2.30. The van der Waals surface area contributed by atoms with Gasteiger partial charge in [-0.15, -0.1) is 0 Å². The summed E-state index contributed by atoms with van der Waals surface area (Å²) < 4.78 is 10.6. The van der Waals surface area contributed by atoms with Gasteiger partial charge in [-0.25, -0.2) is 0 Å². The Morgan fingerprint density at radius 1 is 1.35 bits per heavy atom. The molecule has 1 aromatic carbocycles. The van der Waals surface area contributed by atoms with Gasteiger partial charge in [-0.05, 0) is 40.2 Å². The van der Waals surface area contributed by atoms with E-state index in [9.17, 15) is 9.59 Å². The van der Waals surface area contributed by atoms with E-state index in [4.69, 9.17) is 9.15 Å². The van der Waals surface area contributed by atoms with E-state index < -0.39 is 0 Å². The number of furan rings is 1. The third-order valence-electron chi connectivity index (χ3n) is 2.73. The van der Waals surface area contributed by atoms with E-state index in [1.165, 1.54) is 6.26 Å². The van der Waals surface area contributed by atoms with Gasteiger partial charge >= 0.3 is 0 Å². The molecular formula is C13H9BrN2O4. The molecule has 0 saturated carbocycles.